The van der Waals surface area contributed by atoms with Gasteiger partial charge in [0.1, 0.15) is 5.38 Å². The molecule has 0 amide bonds. The first-order valence-corrected chi connectivity index (χ1v) is 4.83. The molecule has 0 aliphatic rings. The van der Waals surface area contributed by atoms with E-state index in [1.165, 1.54) is 11.8 Å². The number of rotatable bonds is 6. The molecule has 1 unspecified atom stereocenters. The summed E-state index contributed by atoms with van der Waals surface area (Å²) in [6.45, 7) is 0.146. The van der Waals surface area contributed by atoms with Gasteiger partial charge in [0, 0.05) is 12.4 Å². The number of aliphatic hydroxyl groups is 1. The summed E-state index contributed by atoms with van der Waals surface area (Å²) in [6, 6.07) is 0. The Kier molecular flexibility index (Phi) is 6.80. The molecule has 11 heavy (non-hydrogen) atoms. The van der Waals surface area contributed by atoms with Crippen molar-refractivity contribution < 1.29 is 15.0 Å². The van der Waals surface area contributed by atoms with Crippen LogP contribution in [0.3, 0.4) is 0 Å². The van der Waals surface area contributed by atoms with E-state index >= 15 is 0 Å². The first kappa shape index (κ1) is 11.1. The Bertz CT molecular complexity index is 120. The Morgan fingerprint density at radius 3 is 2.73 bits per heavy atom. The van der Waals surface area contributed by atoms with Crippen LogP contribution in [0.15, 0.2) is 0 Å². The van der Waals surface area contributed by atoms with E-state index in [0.717, 1.165) is 5.75 Å². The van der Waals surface area contributed by atoms with Crippen molar-refractivity contribution in [1.82, 2.24) is 0 Å². The number of hydrogen-bond acceptors (Lipinski definition) is 3. The third-order valence-electron chi connectivity index (χ3n) is 0.979. The highest BCUT2D eigenvalue weighted by atomic mass is 35.5. The predicted molar refractivity (Wildman–Crippen MR) is 46.3 cm³/mol. The number of carbonyl (C=O) groups is 1. The minimum Gasteiger partial charge on any atom is -0.480 e. The molecule has 0 rings (SSSR count). The van der Waals surface area contributed by atoms with Crippen molar-refractivity contribution in [2.45, 2.75) is 11.8 Å². The third-order valence-corrected chi connectivity index (χ3v) is 2.65. The fourth-order valence-corrected chi connectivity index (χ4v) is 1.54. The van der Waals surface area contributed by atoms with Gasteiger partial charge >= 0.3 is 5.97 Å². The lowest BCUT2D eigenvalue weighted by Gasteiger charge is -2.02. The number of aliphatic hydroxyl groups excluding tert-OH is 1. The van der Waals surface area contributed by atoms with Crippen molar-refractivity contribution in [3.63, 3.8) is 0 Å². The van der Waals surface area contributed by atoms with Crippen LogP contribution >= 0.6 is 23.4 Å². The van der Waals surface area contributed by atoms with Gasteiger partial charge in [0.25, 0.3) is 0 Å². The first-order chi connectivity index (χ1) is 5.18. The van der Waals surface area contributed by atoms with Crippen LogP contribution in [0.4, 0.5) is 0 Å². The molecule has 0 fully saturated rings. The summed E-state index contributed by atoms with van der Waals surface area (Å²) in [6.07, 6.45) is 0.688. The molecule has 3 nitrogen and oxygen atoms in total. The Labute approximate surface area is 74.7 Å². The van der Waals surface area contributed by atoms with Gasteiger partial charge in [0.15, 0.2) is 0 Å². The highest BCUT2D eigenvalue weighted by Crippen LogP contribution is 2.08. The SMILES string of the molecule is O=C(O)C(Cl)CSCCCO. The molecule has 2 N–H and O–H groups in total. The summed E-state index contributed by atoms with van der Waals surface area (Å²) < 4.78 is 0. The van der Waals surface area contributed by atoms with E-state index in [1.807, 2.05) is 0 Å². The van der Waals surface area contributed by atoms with E-state index in [4.69, 9.17) is 21.8 Å². The van der Waals surface area contributed by atoms with Crippen LogP contribution in [0.5, 0.6) is 0 Å². The van der Waals surface area contributed by atoms with E-state index < -0.39 is 11.3 Å². The van der Waals surface area contributed by atoms with Gasteiger partial charge in [-0.05, 0) is 12.2 Å². The van der Waals surface area contributed by atoms with Crippen molar-refractivity contribution in [2.24, 2.45) is 0 Å². The maximum Gasteiger partial charge on any atom is 0.322 e. The Hall–Kier alpha value is 0.0700. The fraction of sp³-hybridized carbons (Fsp3) is 0.833. The molecular formula is C6H11ClO3S. The average Bonchev–Trinajstić information content (AvgIpc) is 1.97. The van der Waals surface area contributed by atoms with Gasteiger partial charge in [-0.3, -0.25) is 4.79 Å². The molecule has 0 saturated carbocycles. The first-order valence-electron chi connectivity index (χ1n) is 3.24. The Balaban J connectivity index is 3.17. The smallest absolute Gasteiger partial charge is 0.322 e. The van der Waals surface area contributed by atoms with E-state index in [0.29, 0.717) is 12.2 Å². The number of hydrogen-bond donors (Lipinski definition) is 2. The van der Waals surface area contributed by atoms with Crippen LogP contribution in [-0.4, -0.2) is 39.7 Å². The second-order valence-corrected chi connectivity index (χ2v) is 3.63. The maximum atomic E-state index is 10.2. The molecule has 66 valence electrons. The van der Waals surface area contributed by atoms with Crippen molar-refractivity contribution in [3.8, 4) is 0 Å². The average molecular weight is 199 g/mol. The molecule has 0 aliphatic carbocycles. The molecule has 0 aromatic rings. The molecule has 0 radical (unpaired) electrons. The van der Waals surface area contributed by atoms with Crippen molar-refractivity contribution in [1.29, 1.82) is 0 Å². The summed E-state index contributed by atoms with van der Waals surface area (Å²) in [5.41, 5.74) is 0. The second-order valence-electron chi connectivity index (χ2n) is 1.96. The van der Waals surface area contributed by atoms with Crippen molar-refractivity contribution in [3.05, 3.63) is 0 Å². The quantitative estimate of drug-likeness (QED) is 0.490. The van der Waals surface area contributed by atoms with Gasteiger partial charge in [0.05, 0.1) is 0 Å². The van der Waals surface area contributed by atoms with Crippen LogP contribution in [0.25, 0.3) is 0 Å². The van der Waals surface area contributed by atoms with Crippen LogP contribution in [0.1, 0.15) is 6.42 Å². The second kappa shape index (κ2) is 6.76. The van der Waals surface area contributed by atoms with Crippen LogP contribution in [0.2, 0.25) is 0 Å². The highest BCUT2D eigenvalue weighted by molar-refractivity contribution is 7.99. The minimum atomic E-state index is -0.983. The number of thioether (sulfide) groups is 1. The highest BCUT2D eigenvalue weighted by Gasteiger charge is 2.12. The van der Waals surface area contributed by atoms with Gasteiger partial charge in [0.2, 0.25) is 0 Å². The molecule has 0 aromatic heterocycles. The van der Waals surface area contributed by atoms with Crippen LogP contribution < -0.4 is 0 Å². The number of alkyl halides is 1. The molecular weight excluding hydrogens is 188 g/mol. The van der Waals surface area contributed by atoms with Crippen molar-refractivity contribution in [2.75, 3.05) is 18.1 Å². The molecule has 1 atom stereocenters. The number of carboxylic acid groups (broad SMARTS) is 1. The van der Waals surface area contributed by atoms with Crippen LogP contribution in [-0.2, 0) is 4.79 Å². The van der Waals surface area contributed by atoms with Crippen LogP contribution in [0, 0.1) is 0 Å². The molecule has 0 saturated heterocycles. The van der Waals surface area contributed by atoms with E-state index in [-0.39, 0.29) is 6.61 Å². The van der Waals surface area contributed by atoms with Gasteiger partial charge in [-0.25, -0.2) is 0 Å². The van der Waals surface area contributed by atoms with E-state index in [1.54, 1.807) is 0 Å². The van der Waals surface area contributed by atoms with Gasteiger partial charge in [-0.1, -0.05) is 0 Å². The minimum absolute atomic E-state index is 0.146. The van der Waals surface area contributed by atoms with Gasteiger partial charge in [-0.2, -0.15) is 11.8 Å². The number of carboxylic acids is 1. The zero-order valence-corrected chi connectivity index (χ0v) is 7.57. The summed E-state index contributed by atoms with van der Waals surface area (Å²) in [7, 11) is 0. The zero-order chi connectivity index (χ0) is 8.69. The van der Waals surface area contributed by atoms with Gasteiger partial charge in [-0.15, -0.1) is 11.6 Å². The standard InChI is InChI=1S/C6H11ClO3S/c7-5(6(9)10)4-11-3-1-2-8/h5,8H,1-4H2,(H,9,10). The predicted octanol–water partition coefficient (Wildman–Crippen LogP) is 0.794. The summed E-state index contributed by atoms with van der Waals surface area (Å²) in [5.74, 6) is 0.173. The lowest BCUT2D eigenvalue weighted by atomic mass is 10.5. The molecule has 0 aromatic carbocycles. The van der Waals surface area contributed by atoms with E-state index in [2.05, 4.69) is 0 Å². The summed E-state index contributed by atoms with van der Waals surface area (Å²) in [4.78, 5) is 10.2. The normalized spacial score (nSPS) is 12.9. The topological polar surface area (TPSA) is 57.5 Å². The molecule has 0 spiro atoms. The molecule has 0 heterocycles. The zero-order valence-electron chi connectivity index (χ0n) is 5.99. The maximum absolute atomic E-state index is 10.2. The molecule has 0 bridgehead atoms. The lowest BCUT2D eigenvalue weighted by molar-refractivity contribution is -0.136. The summed E-state index contributed by atoms with van der Waals surface area (Å²) in [5, 5.41) is 15.9. The Morgan fingerprint density at radius 1 is 1.64 bits per heavy atom. The number of halogens is 1. The van der Waals surface area contributed by atoms with E-state index in [9.17, 15) is 4.79 Å². The summed E-state index contributed by atoms with van der Waals surface area (Å²) >= 11 is 6.85. The Morgan fingerprint density at radius 2 is 2.27 bits per heavy atom. The van der Waals surface area contributed by atoms with Crippen molar-refractivity contribution >= 4 is 29.3 Å². The van der Waals surface area contributed by atoms with Gasteiger partial charge < -0.3 is 10.2 Å². The largest absolute Gasteiger partial charge is 0.480 e. The molecule has 0 aliphatic heterocycles. The third kappa shape index (κ3) is 6.47. The molecule has 5 heteroatoms. The monoisotopic (exact) mass is 198 g/mol. The fourth-order valence-electron chi connectivity index (χ4n) is 0.425. The number of aliphatic carboxylic acids is 1. The lowest BCUT2D eigenvalue weighted by Crippen LogP contribution is -2.15.